The summed E-state index contributed by atoms with van der Waals surface area (Å²) in [6.45, 7) is 0.459. The number of nitrogens with one attached hydrogen (secondary N) is 1. The van der Waals surface area contributed by atoms with Gasteiger partial charge in [0.1, 0.15) is 17.6 Å². The molecule has 1 amide bonds. The minimum absolute atomic E-state index is 0.171. The van der Waals surface area contributed by atoms with Crippen LogP contribution in [0.1, 0.15) is 11.1 Å². The summed E-state index contributed by atoms with van der Waals surface area (Å²) in [5.41, 5.74) is 1.68. The van der Waals surface area contributed by atoms with E-state index in [0.717, 1.165) is 5.56 Å². The van der Waals surface area contributed by atoms with Gasteiger partial charge in [-0.1, -0.05) is 24.3 Å². The Bertz CT molecular complexity index is 971. The molecule has 0 spiro atoms. The number of hydrogen-bond donors (Lipinski definition) is 2. The number of phenolic OH excluding ortho intramolecular Hbond substituents is 1. The van der Waals surface area contributed by atoms with E-state index in [4.69, 9.17) is 4.42 Å². The van der Waals surface area contributed by atoms with Crippen LogP contribution in [-0.4, -0.2) is 17.6 Å². The molecule has 2 N–H and O–H groups in total. The topological polar surface area (TPSA) is 79.5 Å². The zero-order valence-electron chi connectivity index (χ0n) is 13.4. The van der Waals surface area contributed by atoms with Crippen LogP contribution in [0.15, 0.2) is 70.1 Å². The van der Waals surface area contributed by atoms with E-state index in [9.17, 15) is 14.7 Å². The molecule has 2 aromatic carbocycles. The first-order valence-electron chi connectivity index (χ1n) is 7.88. The van der Waals surface area contributed by atoms with Gasteiger partial charge in [-0.3, -0.25) is 9.59 Å². The second-order valence-corrected chi connectivity index (χ2v) is 5.56. The first-order valence-corrected chi connectivity index (χ1v) is 7.88. The standard InChI is InChI=1S/C20H17NO4/c22-16-8-5-14(6-9-16)11-12-21-19(23)10-7-15-13-25-18-4-2-1-3-17(18)20(15)24/h1-10,13,22H,11-12H2,(H,21,23)/b10-7+. The number of benzene rings is 2. The van der Waals surface area contributed by atoms with Crippen molar-refractivity contribution in [2.75, 3.05) is 6.54 Å². The Morgan fingerprint density at radius 2 is 1.88 bits per heavy atom. The zero-order valence-corrected chi connectivity index (χ0v) is 13.4. The van der Waals surface area contributed by atoms with Gasteiger partial charge in [-0.2, -0.15) is 0 Å². The molecule has 5 heteroatoms. The van der Waals surface area contributed by atoms with Gasteiger partial charge in [0.05, 0.1) is 10.9 Å². The lowest BCUT2D eigenvalue weighted by atomic mass is 10.1. The van der Waals surface area contributed by atoms with Gasteiger partial charge in [0.2, 0.25) is 5.91 Å². The van der Waals surface area contributed by atoms with Crippen molar-refractivity contribution in [1.29, 1.82) is 0 Å². The van der Waals surface area contributed by atoms with Crippen molar-refractivity contribution < 1.29 is 14.3 Å². The van der Waals surface area contributed by atoms with E-state index in [1.54, 1.807) is 48.5 Å². The summed E-state index contributed by atoms with van der Waals surface area (Å²) in [4.78, 5) is 24.2. The molecule has 0 bridgehead atoms. The van der Waals surface area contributed by atoms with Gasteiger partial charge in [0.25, 0.3) is 0 Å². The van der Waals surface area contributed by atoms with Crippen LogP contribution in [0.3, 0.4) is 0 Å². The largest absolute Gasteiger partial charge is 0.508 e. The summed E-state index contributed by atoms with van der Waals surface area (Å²) < 4.78 is 5.40. The van der Waals surface area contributed by atoms with Gasteiger partial charge in [-0.15, -0.1) is 0 Å². The fourth-order valence-electron chi connectivity index (χ4n) is 2.42. The van der Waals surface area contributed by atoms with Crippen LogP contribution in [-0.2, 0) is 11.2 Å². The highest BCUT2D eigenvalue weighted by molar-refractivity contribution is 5.92. The number of carbonyl (C=O) groups excluding carboxylic acids is 1. The lowest BCUT2D eigenvalue weighted by Gasteiger charge is -2.03. The second kappa shape index (κ2) is 7.49. The zero-order chi connectivity index (χ0) is 17.6. The molecule has 0 unspecified atom stereocenters. The summed E-state index contributed by atoms with van der Waals surface area (Å²) in [7, 11) is 0. The molecule has 0 atom stereocenters. The molecule has 0 fully saturated rings. The predicted octanol–water partition coefficient (Wildman–Crippen LogP) is 2.87. The molecule has 0 radical (unpaired) electrons. The van der Waals surface area contributed by atoms with E-state index in [1.165, 1.54) is 18.4 Å². The maximum atomic E-state index is 12.3. The molecule has 0 saturated carbocycles. The average Bonchev–Trinajstić information content (AvgIpc) is 2.63. The Balaban J connectivity index is 1.60. The van der Waals surface area contributed by atoms with E-state index in [2.05, 4.69) is 5.32 Å². The Kier molecular flexibility index (Phi) is 4.95. The molecule has 0 aliphatic carbocycles. The number of aromatic hydroxyl groups is 1. The molecule has 5 nitrogen and oxygen atoms in total. The molecular weight excluding hydrogens is 318 g/mol. The van der Waals surface area contributed by atoms with Crippen LogP contribution in [0.4, 0.5) is 0 Å². The molecule has 3 rings (SSSR count). The number of para-hydroxylation sites is 1. The van der Waals surface area contributed by atoms with Crippen molar-refractivity contribution in [3.8, 4) is 5.75 Å². The third kappa shape index (κ3) is 4.14. The fourth-order valence-corrected chi connectivity index (χ4v) is 2.42. The van der Waals surface area contributed by atoms with Gasteiger partial charge in [-0.25, -0.2) is 0 Å². The van der Waals surface area contributed by atoms with E-state index in [1.807, 2.05) is 0 Å². The van der Waals surface area contributed by atoms with Crippen LogP contribution in [0, 0.1) is 0 Å². The number of hydrogen-bond acceptors (Lipinski definition) is 4. The number of carbonyl (C=O) groups is 1. The third-order valence-corrected chi connectivity index (χ3v) is 3.77. The molecule has 0 aliphatic rings. The van der Waals surface area contributed by atoms with Gasteiger partial charge in [-0.05, 0) is 42.3 Å². The number of phenols is 1. The van der Waals surface area contributed by atoms with Crippen molar-refractivity contribution >= 4 is 23.0 Å². The molecule has 1 aromatic heterocycles. The Morgan fingerprint density at radius 1 is 1.12 bits per heavy atom. The predicted molar refractivity (Wildman–Crippen MR) is 96.3 cm³/mol. The maximum Gasteiger partial charge on any atom is 0.244 e. The Labute approximate surface area is 144 Å². The van der Waals surface area contributed by atoms with Crippen molar-refractivity contribution in [1.82, 2.24) is 5.32 Å². The van der Waals surface area contributed by atoms with Gasteiger partial charge >= 0.3 is 0 Å². The average molecular weight is 335 g/mol. The van der Waals surface area contributed by atoms with Gasteiger partial charge in [0.15, 0.2) is 5.43 Å². The Hall–Kier alpha value is -3.34. The number of rotatable bonds is 5. The Morgan fingerprint density at radius 3 is 2.68 bits per heavy atom. The van der Waals surface area contributed by atoms with Crippen LogP contribution < -0.4 is 10.7 Å². The van der Waals surface area contributed by atoms with E-state index in [-0.39, 0.29) is 17.1 Å². The molecule has 3 aromatic rings. The van der Waals surface area contributed by atoms with E-state index < -0.39 is 0 Å². The number of fused-ring (bicyclic) bond motifs is 1. The van der Waals surface area contributed by atoms with Crippen molar-refractivity contribution in [2.45, 2.75) is 6.42 Å². The monoisotopic (exact) mass is 335 g/mol. The molecular formula is C20H17NO4. The smallest absolute Gasteiger partial charge is 0.244 e. The first kappa shape index (κ1) is 16.5. The maximum absolute atomic E-state index is 12.3. The van der Waals surface area contributed by atoms with Gasteiger partial charge < -0.3 is 14.8 Å². The normalized spacial score (nSPS) is 11.0. The number of amides is 1. The lowest BCUT2D eigenvalue weighted by Crippen LogP contribution is -2.23. The van der Waals surface area contributed by atoms with Crippen molar-refractivity contribution in [3.63, 3.8) is 0 Å². The highest BCUT2D eigenvalue weighted by atomic mass is 16.3. The molecule has 126 valence electrons. The van der Waals surface area contributed by atoms with Crippen LogP contribution in [0.25, 0.3) is 17.0 Å². The van der Waals surface area contributed by atoms with Crippen molar-refractivity contribution in [2.24, 2.45) is 0 Å². The van der Waals surface area contributed by atoms with Crippen LogP contribution >= 0.6 is 0 Å². The lowest BCUT2D eigenvalue weighted by molar-refractivity contribution is -0.116. The quantitative estimate of drug-likeness (QED) is 0.703. The van der Waals surface area contributed by atoms with Crippen LogP contribution in [0.5, 0.6) is 5.75 Å². The van der Waals surface area contributed by atoms with E-state index in [0.29, 0.717) is 29.5 Å². The molecule has 0 saturated heterocycles. The SMILES string of the molecule is O=C(/C=C/c1coc2ccccc2c1=O)NCCc1ccc(O)cc1. The second-order valence-electron chi connectivity index (χ2n) is 5.56. The van der Waals surface area contributed by atoms with E-state index >= 15 is 0 Å². The highest BCUT2D eigenvalue weighted by Crippen LogP contribution is 2.11. The summed E-state index contributed by atoms with van der Waals surface area (Å²) in [5, 5.41) is 12.5. The third-order valence-electron chi connectivity index (χ3n) is 3.77. The van der Waals surface area contributed by atoms with Crippen LogP contribution in [0.2, 0.25) is 0 Å². The first-order chi connectivity index (χ1) is 12.1. The minimum atomic E-state index is -0.286. The summed E-state index contributed by atoms with van der Waals surface area (Å²) in [6.07, 6.45) is 4.77. The molecule has 25 heavy (non-hydrogen) atoms. The van der Waals surface area contributed by atoms with Crippen molar-refractivity contribution in [3.05, 3.63) is 82.2 Å². The molecule has 0 aliphatic heterocycles. The summed E-state index contributed by atoms with van der Waals surface area (Å²) >= 11 is 0. The highest BCUT2D eigenvalue weighted by Gasteiger charge is 2.04. The summed E-state index contributed by atoms with van der Waals surface area (Å²) in [5.74, 6) is -0.0729. The fraction of sp³-hybridized carbons (Fsp3) is 0.100. The van der Waals surface area contributed by atoms with Gasteiger partial charge in [0, 0.05) is 12.6 Å². The minimum Gasteiger partial charge on any atom is -0.508 e. The summed E-state index contributed by atoms with van der Waals surface area (Å²) in [6, 6.07) is 13.8. The molecule has 1 heterocycles.